The zero-order valence-electron chi connectivity index (χ0n) is 10.2. The Labute approximate surface area is 128 Å². The number of halogens is 2. The zero-order chi connectivity index (χ0) is 14.1. The number of nitrogen functional groups attached to an aromatic ring is 1. The Morgan fingerprint density at radius 3 is 2.80 bits per heavy atom. The van der Waals surface area contributed by atoms with Gasteiger partial charge in [-0.2, -0.15) is 0 Å². The topological polar surface area (TPSA) is 64.9 Å². The largest absolute Gasteiger partial charge is 0.380 e. The van der Waals surface area contributed by atoms with E-state index < -0.39 is 0 Å². The minimum Gasteiger partial charge on any atom is -0.380 e. The molecule has 0 aliphatic rings. The summed E-state index contributed by atoms with van der Waals surface area (Å²) in [6, 6.07) is 11.0. The fraction of sp³-hybridized carbons (Fsp3) is 0. The van der Waals surface area contributed by atoms with E-state index in [0.717, 1.165) is 4.47 Å². The highest BCUT2D eigenvalue weighted by Crippen LogP contribution is 2.39. The Morgan fingerprint density at radius 1 is 1.20 bits per heavy atom. The summed E-state index contributed by atoms with van der Waals surface area (Å²) in [4.78, 5) is 4.29. The van der Waals surface area contributed by atoms with Gasteiger partial charge >= 0.3 is 0 Å². The third kappa shape index (κ3) is 2.30. The SMILES string of the molecule is Nc1noc(-c2cc(Br)ccc2Cl)c1-c1ccccn1. The first-order valence-electron chi connectivity index (χ1n) is 5.79. The van der Waals surface area contributed by atoms with Crippen LogP contribution in [0, 0.1) is 0 Å². The molecule has 0 fully saturated rings. The van der Waals surface area contributed by atoms with Crippen molar-refractivity contribution in [2.24, 2.45) is 0 Å². The molecule has 0 atom stereocenters. The Morgan fingerprint density at radius 2 is 2.05 bits per heavy atom. The van der Waals surface area contributed by atoms with Crippen molar-refractivity contribution in [2.75, 3.05) is 5.73 Å². The van der Waals surface area contributed by atoms with Gasteiger partial charge in [-0.25, -0.2) is 0 Å². The lowest BCUT2D eigenvalue weighted by Gasteiger charge is -2.04. The number of rotatable bonds is 2. The number of hydrogen-bond donors (Lipinski definition) is 1. The van der Waals surface area contributed by atoms with Crippen LogP contribution < -0.4 is 5.73 Å². The van der Waals surface area contributed by atoms with Crippen LogP contribution in [-0.2, 0) is 0 Å². The van der Waals surface area contributed by atoms with Gasteiger partial charge in [-0.05, 0) is 30.3 Å². The number of nitrogens with two attached hydrogens (primary N) is 1. The fourth-order valence-corrected chi connectivity index (χ4v) is 2.48. The minimum atomic E-state index is 0.287. The summed E-state index contributed by atoms with van der Waals surface area (Å²) < 4.78 is 6.24. The third-order valence-corrected chi connectivity index (χ3v) is 3.64. The van der Waals surface area contributed by atoms with Crippen molar-refractivity contribution in [2.45, 2.75) is 0 Å². The van der Waals surface area contributed by atoms with E-state index in [1.165, 1.54) is 0 Å². The second-order valence-corrected chi connectivity index (χ2v) is 5.43. The number of hydrogen-bond acceptors (Lipinski definition) is 4. The summed E-state index contributed by atoms with van der Waals surface area (Å²) >= 11 is 9.64. The minimum absolute atomic E-state index is 0.287. The highest BCUT2D eigenvalue weighted by Gasteiger charge is 2.20. The van der Waals surface area contributed by atoms with Crippen LogP contribution in [0.2, 0.25) is 5.02 Å². The van der Waals surface area contributed by atoms with E-state index in [4.69, 9.17) is 21.9 Å². The molecular weight excluding hydrogens is 342 g/mol. The number of anilines is 1. The predicted octanol–water partition coefficient (Wildman–Crippen LogP) is 4.40. The van der Waals surface area contributed by atoms with Crippen LogP contribution in [0.4, 0.5) is 5.82 Å². The molecule has 0 saturated carbocycles. The van der Waals surface area contributed by atoms with Crippen LogP contribution in [0.25, 0.3) is 22.6 Å². The van der Waals surface area contributed by atoms with Gasteiger partial charge in [0.15, 0.2) is 11.6 Å². The molecule has 20 heavy (non-hydrogen) atoms. The summed E-state index contributed by atoms with van der Waals surface area (Å²) in [6.45, 7) is 0. The molecule has 0 bridgehead atoms. The molecule has 0 unspecified atom stereocenters. The molecule has 0 spiro atoms. The van der Waals surface area contributed by atoms with Crippen molar-refractivity contribution in [3.05, 3.63) is 52.1 Å². The fourth-order valence-electron chi connectivity index (χ4n) is 1.92. The van der Waals surface area contributed by atoms with Gasteiger partial charge in [-0.3, -0.25) is 4.98 Å². The highest BCUT2D eigenvalue weighted by atomic mass is 79.9. The molecule has 2 aromatic heterocycles. The van der Waals surface area contributed by atoms with Crippen molar-refractivity contribution in [1.82, 2.24) is 10.1 Å². The number of nitrogens with zero attached hydrogens (tertiary/aromatic N) is 2. The molecule has 4 nitrogen and oxygen atoms in total. The molecule has 0 aliphatic heterocycles. The van der Waals surface area contributed by atoms with Crippen molar-refractivity contribution < 1.29 is 4.52 Å². The first-order chi connectivity index (χ1) is 9.66. The predicted molar refractivity (Wildman–Crippen MR) is 82.3 cm³/mol. The number of pyridine rings is 1. The quantitative estimate of drug-likeness (QED) is 0.744. The van der Waals surface area contributed by atoms with Gasteiger partial charge in [-0.1, -0.05) is 38.8 Å². The maximum Gasteiger partial charge on any atom is 0.180 e. The van der Waals surface area contributed by atoms with Crippen LogP contribution in [-0.4, -0.2) is 10.1 Å². The molecule has 0 radical (unpaired) electrons. The standard InChI is InChI=1S/C14H9BrClN3O/c15-8-4-5-10(16)9(7-8)13-12(14(17)19-20-13)11-3-1-2-6-18-11/h1-7H,(H2,17,19). The lowest BCUT2D eigenvalue weighted by molar-refractivity contribution is 0.436. The van der Waals surface area contributed by atoms with Crippen LogP contribution in [0.1, 0.15) is 0 Å². The first kappa shape index (κ1) is 13.1. The lowest BCUT2D eigenvalue weighted by Crippen LogP contribution is -1.91. The number of benzene rings is 1. The van der Waals surface area contributed by atoms with E-state index in [-0.39, 0.29) is 5.82 Å². The number of aromatic nitrogens is 2. The lowest BCUT2D eigenvalue weighted by atomic mass is 10.1. The second kappa shape index (κ2) is 5.26. The summed E-state index contributed by atoms with van der Waals surface area (Å²) in [5, 5.41) is 4.39. The van der Waals surface area contributed by atoms with Crippen LogP contribution >= 0.6 is 27.5 Å². The molecule has 3 aromatic rings. The maximum atomic E-state index is 6.23. The summed E-state index contributed by atoms with van der Waals surface area (Å²) in [5.41, 5.74) is 7.95. The van der Waals surface area contributed by atoms with Crippen LogP contribution in [0.3, 0.4) is 0 Å². The highest BCUT2D eigenvalue weighted by molar-refractivity contribution is 9.10. The van der Waals surface area contributed by atoms with E-state index in [9.17, 15) is 0 Å². The van der Waals surface area contributed by atoms with E-state index >= 15 is 0 Å². The molecule has 2 N–H and O–H groups in total. The van der Waals surface area contributed by atoms with E-state index in [2.05, 4.69) is 26.1 Å². The molecule has 0 aliphatic carbocycles. The van der Waals surface area contributed by atoms with Gasteiger partial charge in [0.1, 0.15) is 0 Å². The van der Waals surface area contributed by atoms with Gasteiger partial charge in [-0.15, -0.1) is 0 Å². The first-order valence-corrected chi connectivity index (χ1v) is 6.96. The average molecular weight is 351 g/mol. The van der Waals surface area contributed by atoms with E-state index in [1.54, 1.807) is 12.3 Å². The molecule has 3 rings (SSSR count). The van der Waals surface area contributed by atoms with Gasteiger partial charge in [0.05, 0.1) is 16.3 Å². The third-order valence-electron chi connectivity index (χ3n) is 2.81. The monoisotopic (exact) mass is 349 g/mol. The molecule has 6 heteroatoms. The summed E-state index contributed by atoms with van der Waals surface area (Å²) in [7, 11) is 0. The van der Waals surface area contributed by atoms with Crippen molar-refractivity contribution in [3.8, 4) is 22.6 Å². The van der Waals surface area contributed by atoms with Crippen molar-refractivity contribution in [3.63, 3.8) is 0 Å². The molecule has 2 heterocycles. The summed E-state index contributed by atoms with van der Waals surface area (Å²) in [5.74, 6) is 0.794. The van der Waals surface area contributed by atoms with Gasteiger partial charge in [0.2, 0.25) is 0 Å². The average Bonchev–Trinajstić information content (AvgIpc) is 2.84. The second-order valence-electron chi connectivity index (χ2n) is 4.11. The smallest absolute Gasteiger partial charge is 0.180 e. The van der Waals surface area contributed by atoms with E-state index in [0.29, 0.717) is 27.6 Å². The van der Waals surface area contributed by atoms with E-state index in [1.807, 2.05) is 30.3 Å². The molecule has 1 aromatic carbocycles. The van der Waals surface area contributed by atoms with Gasteiger partial charge < -0.3 is 10.3 Å². The zero-order valence-corrected chi connectivity index (χ0v) is 12.5. The Hall–Kier alpha value is -1.85. The van der Waals surface area contributed by atoms with Crippen LogP contribution in [0.5, 0.6) is 0 Å². The van der Waals surface area contributed by atoms with Crippen molar-refractivity contribution >= 4 is 33.3 Å². The summed E-state index contributed by atoms with van der Waals surface area (Å²) in [6.07, 6.45) is 1.69. The van der Waals surface area contributed by atoms with Crippen LogP contribution in [0.15, 0.2) is 51.6 Å². The Bertz CT molecular complexity index is 758. The molecule has 0 amide bonds. The van der Waals surface area contributed by atoms with Gasteiger partial charge in [0.25, 0.3) is 0 Å². The molecule has 100 valence electrons. The Balaban J connectivity index is 2.24. The van der Waals surface area contributed by atoms with Crippen molar-refractivity contribution in [1.29, 1.82) is 0 Å². The maximum absolute atomic E-state index is 6.23. The Kier molecular flexibility index (Phi) is 3.46. The van der Waals surface area contributed by atoms with Gasteiger partial charge in [0, 0.05) is 16.2 Å². The molecule has 0 saturated heterocycles. The normalized spacial score (nSPS) is 10.7. The molecular formula is C14H9BrClN3O.